The van der Waals surface area contributed by atoms with Crippen molar-refractivity contribution in [2.45, 2.75) is 59.2 Å². The molecule has 0 bridgehead atoms. The van der Waals surface area contributed by atoms with Gasteiger partial charge >= 0.3 is 0 Å². The van der Waals surface area contributed by atoms with Crippen LogP contribution in [0.3, 0.4) is 0 Å². The third kappa shape index (κ3) is 10.7. The maximum atomic E-state index is 10.9. The molecule has 1 atom stereocenters. The van der Waals surface area contributed by atoms with Crippen LogP contribution >= 0.6 is 0 Å². The molecular weight excluding hydrogens is 230 g/mol. The van der Waals surface area contributed by atoms with Crippen molar-refractivity contribution in [3.8, 4) is 0 Å². The largest absolute Gasteiger partial charge is 0.376 e. The molecule has 1 unspecified atom stereocenters. The Balaban J connectivity index is 3.60. The molecule has 1 N–H and O–H groups in total. The molecule has 18 heavy (non-hydrogen) atoms. The molecule has 0 amide bonds. The Hall–Kier alpha value is -0.450. The fourth-order valence-electron chi connectivity index (χ4n) is 1.65. The molecule has 0 aromatic heterocycles. The predicted octanol–water partition coefficient (Wildman–Crippen LogP) is 2.17. The van der Waals surface area contributed by atoms with Crippen LogP contribution in [0.1, 0.15) is 47.5 Å². The van der Waals surface area contributed by atoms with E-state index in [1.165, 1.54) is 0 Å². The average molecular weight is 259 g/mol. The highest BCUT2D eigenvalue weighted by Crippen LogP contribution is 2.07. The lowest BCUT2D eigenvalue weighted by Crippen LogP contribution is -2.38. The van der Waals surface area contributed by atoms with Gasteiger partial charge in [0.2, 0.25) is 0 Å². The van der Waals surface area contributed by atoms with Gasteiger partial charge in [-0.2, -0.15) is 0 Å². The minimum Gasteiger partial charge on any atom is -0.376 e. The number of hydrogen-bond donors (Lipinski definition) is 1. The molecule has 0 fully saturated rings. The van der Waals surface area contributed by atoms with Gasteiger partial charge in [-0.3, -0.25) is 4.79 Å². The number of ether oxygens (including phenoxy) is 2. The van der Waals surface area contributed by atoms with Gasteiger partial charge in [0, 0.05) is 13.0 Å². The van der Waals surface area contributed by atoms with Crippen LogP contribution in [0.15, 0.2) is 0 Å². The van der Waals surface area contributed by atoms with E-state index in [0.717, 1.165) is 19.5 Å². The summed E-state index contributed by atoms with van der Waals surface area (Å²) in [7, 11) is 0. The normalized spacial score (nSPS) is 13.6. The Bertz CT molecular complexity index is 229. The summed E-state index contributed by atoms with van der Waals surface area (Å²) >= 11 is 0. The zero-order chi connectivity index (χ0) is 14.0. The summed E-state index contributed by atoms with van der Waals surface area (Å²) in [5, 5.41) is 3.34. The van der Waals surface area contributed by atoms with E-state index in [9.17, 15) is 4.79 Å². The third-order valence-corrected chi connectivity index (χ3v) is 2.53. The Labute approximate surface area is 111 Å². The van der Waals surface area contributed by atoms with Crippen molar-refractivity contribution in [1.82, 2.24) is 5.32 Å². The summed E-state index contributed by atoms with van der Waals surface area (Å²) in [4.78, 5) is 10.9. The number of nitrogens with one attached hydrogen (secondary N) is 1. The van der Waals surface area contributed by atoms with Gasteiger partial charge in [-0.1, -0.05) is 6.92 Å². The smallest absolute Gasteiger partial charge is 0.132 e. The summed E-state index contributed by atoms with van der Waals surface area (Å²) in [6.45, 7) is 12.7. The van der Waals surface area contributed by atoms with Crippen LogP contribution in [0.25, 0.3) is 0 Å². The van der Waals surface area contributed by atoms with Gasteiger partial charge in [0.15, 0.2) is 0 Å². The van der Waals surface area contributed by atoms with E-state index in [-0.39, 0.29) is 17.5 Å². The minimum atomic E-state index is -0.178. The van der Waals surface area contributed by atoms with Gasteiger partial charge in [-0.25, -0.2) is 0 Å². The van der Waals surface area contributed by atoms with Crippen LogP contribution in [0.2, 0.25) is 0 Å². The van der Waals surface area contributed by atoms with E-state index in [4.69, 9.17) is 9.47 Å². The lowest BCUT2D eigenvalue weighted by atomic mass is 10.1. The number of carbonyl (C=O) groups excluding carboxylic acids is 1. The molecule has 0 saturated heterocycles. The molecule has 0 rings (SSSR count). The van der Waals surface area contributed by atoms with Crippen molar-refractivity contribution in [1.29, 1.82) is 0 Å². The minimum absolute atomic E-state index is 0.0209. The van der Waals surface area contributed by atoms with E-state index in [0.29, 0.717) is 19.6 Å². The lowest BCUT2D eigenvalue weighted by Gasteiger charge is -2.26. The molecule has 4 heteroatoms. The first-order valence-corrected chi connectivity index (χ1v) is 6.83. The van der Waals surface area contributed by atoms with Crippen LogP contribution in [0.5, 0.6) is 0 Å². The molecule has 0 heterocycles. The summed E-state index contributed by atoms with van der Waals surface area (Å²) < 4.78 is 11.3. The van der Waals surface area contributed by atoms with Crippen molar-refractivity contribution < 1.29 is 14.3 Å². The van der Waals surface area contributed by atoms with E-state index >= 15 is 0 Å². The van der Waals surface area contributed by atoms with Crippen LogP contribution < -0.4 is 5.32 Å². The second-order valence-corrected chi connectivity index (χ2v) is 5.37. The molecule has 4 nitrogen and oxygen atoms in total. The molecule has 0 radical (unpaired) electrons. The maximum absolute atomic E-state index is 10.9. The van der Waals surface area contributed by atoms with Crippen molar-refractivity contribution in [3.05, 3.63) is 0 Å². The second kappa shape index (κ2) is 9.48. The monoisotopic (exact) mass is 259 g/mol. The van der Waals surface area contributed by atoms with Crippen LogP contribution in [-0.4, -0.2) is 43.8 Å². The van der Waals surface area contributed by atoms with Crippen LogP contribution in [0.4, 0.5) is 0 Å². The van der Waals surface area contributed by atoms with Gasteiger partial charge < -0.3 is 14.8 Å². The SMILES string of the molecule is CCCNCC(C)(C)OCCOC(C)CC(C)=O. The van der Waals surface area contributed by atoms with Crippen molar-refractivity contribution >= 4 is 5.78 Å². The lowest BCUT2D eigenvalue weighted by molar-refractivity contribution is -0.120. The van der Waals surface area contributed by atoms with Crippen molar-refractivity contribution in [2.75, 3.05) is 26.3 Å². The Morgan fingerprint density at radius 2 is 2.00 bits per heavy atom. The van der Waals surface area contributed by atoms with Crippen molar-refractivity contribution in [2.24, 2.45) is 0 Å². The highest BCUT2D eigenvalue weighted by atomic mass is 16.5. The maximum Gasteiger partial charge on any atom is 0.132 e. The van der Waals surface area contributed by atoms with Gasteiger partial charge in [-0.15, -0.1) is 0 Å². The Kier molecular flexibility index (Phi) is 9.24. The zero-order valence-corrected chi connectivity index (χ0v) is 12.5. The quantitative estimate of drug-likeness (QED) is 0.578. The van der Waals surface area contributed by atoms with Gasteiger partial charge in [0.25, 0.3) is 0 Å². The molecular formula is C14H29NO3. The second-order valence-electron chi connectivity index (χ2n) is 5.37. The van der Waals surface area contributed by atoms with Crippen LogP contribution in [0, 0.1) is 0 Å². The number of rotatable bonds is 11. The zero-order valence-electron chi connectivity index (χ0n) is 12.5. The van der Waals surface area contributed by atoms with Gasteiger partial charge in [0.05, 0.1) is 24.9 Å². The standard InChI is InChI=1S/C14H29NO3/c1-6-7-15-11-14(4,5)18-9-8-17-13(3)10-12(2)16/h13,15H,6-11H2,1-5H3. The summed E-state index contributed by atoms with van der Waals surface area (Å²) in [6.07, 6.45) is 1.58. The van der Waals surface area contributed by atoms with Crippen molar-refractivity contribution in [3.63, 3.8) is 0 Å². The van der Waals surface area contributed by atoms with Crippen LogP contribution in [-0.2, 0) is 14.3 Å². The van der Waals surface area contributed by atoms with E-state index in [2.05, 4.69) is 26.1 Å². The number of carbonyl (C=O) groups is 1. The van der Waals surface area contributed by atoms with E-state index in [1.54, 1.807) is 6.92 Å². The molecule has 0 aliphatic heterocycles. The molecule has 108 valence electrons. The summed E-state index contributed by atoms with van der Waals surface area (Å²) in [6, 6.07) is 0. The topological polar surface area (TPSA) is 47.6 Å². The Morgan fingerprint density at radius 1 is 1.33 bits per heavy atom. The first kappa shape index (κ1) is 17.6. The first-order valence-electron chi connectivity index (χ1n) is 6.83. The van der Waals surface area contributed by atoms with E-state index < -0.39 is 0 Å². The Morgan fingerprint density at radius 3 is 2.56 bits per heavy atom. The molecule has 0 spiro atoms. The summed E-state index contributed by atoms with van der Waals surface area (Å²) in [5.74, 6) is 0.160. The average Bonchev–Trinajstić information content (AvgIpc) is 2.24. The molecule has 0 saturated carbocycles. The molecule has 0 aromatic rings. The fraction of sp³-hybridized carbons (Fsp3) is 0.929. The number of ketones is 1. The third-order valence-electron chi connectivity index (χ3n) is 2.53. The fourth-order valence-corrected chi connectivity index (χ4v) is 1.65. The van der Waals surface area contributed by atoms with Gasteiger partial charge in [-0.05, 0) is 40.7 Å². The number of hydrogen-bond acceptors (Lipinski definition) is 4. The first-order chi connectivity index (χ1) is 8.37. The molecule has 0 aliphatic rings. The highest BCUT2D eigenvalue weighted by molar-refractivity contribution is 5.75. The van der Waals surface area contributed by atoms with Gasteiger partial charge in [0.1, 0.15) is 5.78 Å². The predicted molar refractivity (Wildman–Crippen MR) is 73.9 cm³/mol. The summed E-state index contributed by atoms with van der Waals surface area (Å²) in [5.41, 5.74) is -0.178. The number of Topliss-reactive ketones (excluding diaryl/α,β-unsaturated/α-hetero) is 1. The highest BCUT2D eigenvalue weighted by Gasteiger charge is 2.17. The van der Waals surface area contributed by atoms with E-state index in [1.807, 2.05) is 6.92 Å². The molecule has 0 aliphatic carbocycles. The molecule has 0 aromatic carbocycles.